The predicted molar refractivity (Wildman–Crippen MR) is 80.8 cm³/mol. The minimum Gasteiger partial charge on any atom is -0.498 e. The first-order valence-corrected chi connectivity index (χ1v) is 8.53. The number of rotatable bonds is 1. The predicted octanol–water partition coefficient (Wildman–Crippen LogP) is 2.12. The minimum atomic E-state index is -0.273. The van der Waals surface area contributed by atoms with E-state index in [0.29, 0.717) is 23.8 Å². The summed E-state index contributed by atoms with van der Waals surface area (Å²) in [6, 6.07) is 0.564. The first kappa shape index (κ1) is 13.2. The second-order valence-electron chi connectivity index (χ2n) is 7.70. The Kier molecular flexibility index (Phi) is 2.49. The third kappa shape index (κ3) is 1.32. The number of piperidine rings is 1. The van der Waals surface area contributed by atoms with Crippen LogP contribution in [0.3, 0.4) is 0 Å². The lowest BCUT2D eigenvalue weighted by atomic mass is 9.47. The Hall–Kier alpha value is -1.29. The number of carbonyl (C=O) groups is 1. The SMILES string of the molecule is COC1=C2O[C@H]3C(=O)C=C[C@H]4[C@H]5CC(CC1)C2[C@@]34CCN5C. The summed E-state index contributed by atoms with van der Waals surface area (Å²) in [4.78, 5) is 15.1. The Morgan fingerprint density at radius 3 is 3.14 bits per heavy atom. The lowest BCUT2D eigenvalue weighted by molar-refractivity contribution is -0.142. The maximum Gasteiger partial charge on any atom is 0.196 e. The zero-order valence-electron chi connectivity index (χ0n) is 13.2. The Labute approximate surface area is 131 Å². The van der Waals surface area contributed by atoms with Gasteiger partial charge in [0.25, 0.3) is 0 Å². The fourth-order valence-corrected chi connectivity index (χ4v) is 6.23. The van der Waals surface area contributed by atoms with E-state index in [1.54, 1.807) is 13.2 Å². The smallest absolute Gasteiger partial charge is 0.196 e. The Morgan fingerprint density at radius 2 is 2.32 bits per heavy atom. The molecular weight excluding hydrogens is 278 g/mol. The van der Waals surface area contributed by atoms with Crippen LogP contribution in [0, 0.1) is 23.2 Å². The molecule has 4 heteroatoms. The summed E-state index contributed by atoms with van der Waals surface area (Å²) in [7, 11) is 3.98. The third-order valence-corrected chi connectivity index (χ3v) is 7.10. The van der Waals surface area contributed by atoms with Crippen molar-refractivity contribution in [2.24, 2.45) is 23.2 Å². The van der Waals surface area contributed by atoms with Gasteiger partial charge in [-0.1, -0.05) is 6.08 Å². The standard InChI is InChI=1S/C18H23NO3/c1-19-8-7-18-11-4-5-13(20)17(18)22-16-14(21-2)6-3-10(15(16)18)9-12(11)19/h4-5,10-12,15,17H,3,6-9H2,1-2H3/t10?,11-,12+,15?,17-,18-/m0/s1. The van der Waals surface area contributed by atoms with Gasteiger partial charge in [-0.3, -0.25) is 4.79 Å². The maximum atomic E-state index is 12.6. The van der Waals surface area contributed by atoms with Crippen LogP contribution in [0.4, 0.5) is 0 Å². The van der Waals surface area contributed by atoms with Crippen molar-refractivity contribution in [3.63, 3.8) is 0 Å². The lowest BCUT2D eigenvalue weighted by Gasteiger charge is -2.59. The van der Waals surface area contributed by atoms with Crippen molar-refractivity contribution in [1.29, 1.82) is 0 Å². The first-order valence-electron chi connectivity index (χ1n) is 8.53. The molecule has 0 aromatic carbocycles. The van der Waals surface area contributed by atoms with Crippen LogP contribution in [0.5, 0.6) is 0 Å². The Bertz CT molecular complexity index is 609. The molecule has 0 N–H and O–H groups in total. The van der Waals surface area contributed by atoms with Crippen molar-refractivity contribution >= 4 is 5.78 Å². The zero-order valence-corrected chi connectivity index (χ0v) is 13.2. The average Bonchev–Trinajstić information content (AvgIpc) is 2.88. The molecule has 2 bridgehead atoms. The van der Waals surface area contributed by atoms with Gasteiger partial charge in [-0.25, -0.2) is 0 Å². The van der Waals surface area contributed by atoms with E-state index in [-0.39, 0.29) is 17.3 Å². The maximum absolute atomic E-state index is 12.6. The summed E-state index contributed by atoms with van der Waals surface area (Å²) < 4.78 is 11.9. The molecule has 4 nitrogen and oxygen atoms in total. The van der Waals surface area contributed by atoms with Crippen LogP contribution >= 0.6 is 0 Å². The Balaban J connectivity index is 1.74. The van der Waals surface area contributed by atoms with E-state index in [0.717, 1.165) is 30.9 Å². The number of ether oxygens (including phenoxy) is 2. The highest BCUT2D eigenvalue weighted by Crippen LogP contribution is 2.67. The zero-order chi connectivity index (χ0) is 15.1. The number of methoxy groups -OCH3 is 1. The highest BCUT2D eigenvalue weighted by Gasteiger charge is 2.70. The highest BCUT2D eigenvalue weighted by molar-refractivity contribution is 5.96. The molecule has 2 aliphatic heterocycles. The molecule has 0 aromatic rings. The number of hydrogen-bond donors (Lipinski definition) is 0. The van der Waals surface area contributed by atoms with Gasteiger partial charge in [0.2, 0.25) is 0 Å². The number of carbonyl (C=O) groups excluding carboxylic acids is 1. The molecule has 0 amide bonds. The fraction of sp³-hybridized carbons (Fsp3) is 0.722. The van der Waals surface area contributed by atoms with Gasteiger partial charge in [0.15, 0.2) is 11.9 Å². The lowest BCUT2D eigenvalue weighted by Crippen LogP contribution is -2.64. The average molecular weight is 301 g/mol. The summed E-state index contributed by atoms with van der Waals surface area (Å²) in [5, 5.41) is 0. The molecule has 118 valence electrons. The van der Waals surface area contributed by atoms with E-state index in [1.165, 1.54) is 12.8 Å². The van der Waals surface area contributed by atoms with Crippen molar-refractivity contribution in [1.82, 2.24) is 4.90 Å². The van der Waals surface area contributed by atoms with Gasteiger partial charge >= 0.3 is 0 Å². The summed E-state index contributed by atoms with van der Waals surface area (Å²) in [5.41, 5.74) is -0.00847. The van der Waals surface area contributed by atoms with Gasteiger partial charge in [0.05, 0.1) is 7.11 Å². The molecule has 6 atom stereocenters. The van der Waals surface area contributed by atoms with Gasteiger partial charge in [-0.15, -0.1) is 0 Å². The van der Waals surface area contributed by atoms with E-state index in [9.17, 15) is 4.79 Å². The summed E-state index contributed by atoms with van der Waals surface area (Å²) in [6.45, 7) is 1.07. The molecule has 3 aliphatic carbocycles. The number of hydrogen-bond acceptors (Lipinski definition) is 4. The second-order valence-corrected chi connectivity index (χ2v) is 7.70. The quantitative estimate of drug-likeness (QED) is 0.743. The molecule has 1 spiro atoms. The van der Waals surface area contributed by atoms with Gasteiger partial charge in [0.1, 0.15) is 11.5 Å². The molecule has 2 unspecified atom stereocenters. The van der Waals surface area contributed by atoms with E-state index < -0.39 is 0 Å². The topological polar surface area (TPSA) is 38.8 Å². The third-order valence-electron chi connectivity index (χ3n) is 7.10. The Morgan fingerprint density at radius 1 is 1.45 bits per heavy atom. The number of ketones is 1. The second kappa shape index (κ2) is 4.16. The molecule has 3 fully saturated rings. The molecule has 5 rings (SSSR count). The van der Waals surface area contributed by atoms with Gasteiger partial charge in [-0.2, -0.15) is 0 Å². The first-order chi connectivity index (χ1) is 10.7. The van der Waals surface area contributed by atoms with Crippen LogP contribution in [-0.4, -0.2) is 43.5 Å². The van der Waals surface area contributed by atoms with Gasteiger partial charge < -0.3 is 14.4 Å². The van der Waals surface area contributed by atoms with Crippen molar-refractivity contribution in [3.05, 3.63) is 23.7 Å². The molecule has 2 saturated heterocycles. The number of likely N-dealkylation sites (tertiary alicyclic amines) is 1. The van der Waals surface area contributed by atoms with Crippen molar-refractivity contribution in [3.8, 4) is 0 Å². The molecule has 2 heterocycles. The monoisotopic (exact) mass is 301 g/mol. The molecule has 0 radical (unpaired) electrons. The van der Waals surface area contributed by atoms with Crippen LogP contribution in [0.2, 0.25) is 0 Å². The molecular formula is C18H23NO3. The van der Waals surface area contributed by atoms with E-state index in [4.69, 9.17) is 9.47 Å². The summed E-state index contributed by atoms with van der Waals surface area (Å²) >= 11 is 0. The number of allylic oxidation sites excluding steroid dienone is 2. The summed E-state index contributed by atoms with van der Waals surface area (Å²) in [5.74, 6) is 3.66. The van der Waals surface area contributed by atoms with Crippen LogP contribution in [0.1, 0.15) is 25.7 Å². The van der Waals surface area contributed by atoms with Gasteiger partial charge in [-0.05, 0) is 44.8 Å². The van der Waals surface area contributed by atoms with Crippen LogP contribution in [0.15, 0.2) is 23.7 Å². The van der Waals surface area contributed by atoms with E-state index in [1.807, 2.05) is 0 Å². The van der Waals surface area contributed by atoms with Crippen molar-refractivity contribution in [2.45, 2.75) is 37.8 Å². The van der Waals surface area contributed by atoms with E-state index >= 15 is 0 Å². The number of nitrogens with zero attached hydrogens (tertiary/aromatic N) is 1. The fourth-order valence-electron chi connectivity index (χ4n) is 6.23. The van der Waals surface area contributed by atoms with Crippen LogP contribution in [-0.2, 0) is 14.3 Å². The molecule has 0 aromatic heterocycles. The van der Waals surface area contributed by atoms with Crippen molar-refractivity contribution < 1.29 is 14.3 Å². The highest BCUT2D eigenvalue weighted by atomic mass is 16.5. The molecule has 22 heavy (non-hydrogen) atoms. The van der Waals surface area contributed by atoms with Crippen LogP contribution < -0.4 is 0 Å². The van der Waals surface area contributed by atoms with Crippen molar-refractivity contribution in [2.75, 3.05) is 20.7 Å². The summed E-state index contributed by atoms with van der Waals surface area (Å²) in [6.07, 6.45) is 8.12. The van der Waals surface area contributed by atoms with E-state index in [2.05, 4.69) is 18.0 Å². The molecule has 5 aliphatic rings. The molecule has 1 saturated carbocycles. The largest absolute Gasteiger partial charge is 0.498 e. The minimum absolute atomic E-state index is 0.00847. The van der Waals surface area contributed by atoms with Gasteiger partial charge in [0, 0.05) is 29.7 Å². The van der Waals surface area contributed by atoms with Crippen LogP contribution in [0.25, 0.3) is 0 Å². The normalized spacial score (nSPS) is 49.0.